The second-order valence-corrected chi connectivity index (χ2v) is 6.64. The molecule has 3 heteroatoms. The molecule has 0 spiro atoms. The van der Waals surface area contributed by atoms with Crippen LogP contribution in [0.5, 0.6) is 0 Å². The van der Waals surface area contributed by atoms with E-state index in [9.17, 15) is 0 Å². The molecular formula is C17H15Cl3. The van der Waals surface area contributed by atoms with Gasteiger partial charge in [-0.25, -0.2) is 0 Å². The molecule has 0 bridgehead atoms. The number of hydrogen-bond acceptors (Lipinski definition) is 0. The third-order valence-electron chi connectivity index (χ3n) is 4.18. The van der Waals surface area contributed by atoms with E-state index >= 15 is 0 Å². The Hall–Kier alpha value is -0.690. The van der Waals surface area contributed by atoms with Crippen molar-refractivity contribution in [2.24, 2.45) is 0 Å². The van der Waals surface area contributed by atoms with E-state index in [2.05, 4.69) is 18.2 Å². The topological polar surface area (TPSA) is 0 Å². The average Bonchev–Trinajstić information content (AvgIpc) is 2.88. The molecule has 0 nitrogen and oxygen atoms in total. The van der Waals surface area contributed by atoms with Crippen molar-refractivity contribution < 1.29 is 0 Å². The van der Waals surface area contributed by atoms with Gasteiger partial charge in [0.1, 0.15) is 0 Å². The van der Waals surface area contributed by atoms with Crippen LogP contribution in [0.15, 0.2) is 42.5 Å². The molecule has 0 aromatic heterocycles. The maximum absolute atomic E-state index is 6.38. The van der Waals surface area contributed by atoms with Gasteiger partial charge in [0.15, 0.2) is 0 Å². The standard InChI is InChI=1S/C17H15Cl3/c18-12-6-4-11(5-7-12)14-2-1-3-15(14)16-9-8-13(19)10-17(16)20/h4-10,14-15H,1-3H2/t14-,15+/m1/s1. The van der Waals surface area contributed by atoms with Crippen LogP contribution in [0, 0.1) is 0 Å². The van der Waals surface area contributed by atoms with Gasteiger partial charge in [-0.3, -0.25) is 0 Å². The van der Waals surface area contributed by atoms with Crippen LogP contribution in [0.1, 0.15) is 42.2 Å². The predicted molar refractivity (Wildman–Crippen MR) is 87.2 cm³/mol. The van der Waals surface area contributed by atoms with Crippen molar-refractivity contribution in [2.45, 2.75) is 31.1 Å². The monoisotopic (exact) mass is 324 g/mol. The smallest absolute Gasteiger partial charge is 0.0455 e. The first kappa shape index (κ1) is 14.3. The Morgan fingerprint density at radius 3 is 2.10 bits per heavy atom. The lowest BCUT2D eigenvalue weighted by atomic mass is 9.84. The van der Waals surface area contributed by atoms with Crippen molar-refractivity contribution >= 4 is 34.8 Å². The maximum Gasteiger partial charge on any atom is 0.0455 e. The van der Waals surface area contributed by atoms with E-state index in [1.807, 2.05) is 24.3 Å². The Balaban J connectivity index is 1.94. The Morgan fingerprint density at radius 2 is 1.40 bits per heavy atom. The van der Waals surface area contributed by atoms with Gasteiger partial charge in [0, 0.05) is 15.1 Å². The van der Waals surface area contributed by atoms with Crippen molar-refractivity contribution in [3.05, 3.63) is 68.7 Å². The fourth-order valence-corrected chi connectivity index (χ4v) is 3.92. The fraction of sp³-hybridized carbons (Fsp3) is 0.294. The summed E-state index contributed by atoms with van der Waals surface area (Å²) in [4.78, 5) is 0. The van der Waals surface area contributed by atoms with Gasteiger partial charge in [-0.15, -0.1) is 0 Å². The van der Waals surface area contributed by atoms with E-state index in [1.165, 1.54) is 30.4 Å². The molecule has 0 saturated heterocycles. The molecule has 2 aromatic carbocycles. The van der Waals surface area contributed by atoms with Gasteiger partial charge in [0.05, 0.1) is 0 Å². The molecule has 0 amide bonds. The molecule has 0 unspecified atom stereocenters. The zero-order valence-electron chi connectivity index (χ0n) is 11.0. The van der Waals surface area contributed by atoms with Crippen LogP contribution in [-0.2, 0) is 0 Å². The molecule has 2 atom stereocenters. The van der Waals surface area contributed by atoms with Gasteiger partial charge >= 0.3 is 0 Å². The zero-order valence-corrected chi connectivity index (χ0v) is 13.2. The van der Waals surface area contributed by atoms with Crippen LogP contribution >= 0.6 is 34.8 Å². The SMILES string of the molecule is Clc1ccc([C@H]2CCC[C@@H]2c2ccc(Cl)cc2Cl)cc1. The first-order valence-electron chi connectivity index (χ1n) is 6.85. The van der Waals surface area contributed by atoms with E-state index < -0.39 is 0 Å². The summed E-state index contributed by atoms with van der Waals surface area (Å²) in [7, 11) is 0. The molecule has 104 valence electrons. The van der Waals surface area contributed by atoms with E-state index in [0.717, 1.165) is 10.0 Å². The number of hydrogen-bond donors (Lipinski definition) is 0. The predicted octanol–water partition coefficient (Wildman–Crippen LogP) is 6.70. The van der Waals surface area contributed by atoms with Gasteiger partial charge in [-0.2, -0.15) is 0 Å². The second-order valence-electron chi connectivity index (χ2n) is 5.36. The number of benzene rings is 2. The Morgan fingerprint density at radius 1 is 0.750 bits per heavy atom. The highest BCUT2D eigenvalue weighted by atomic mass is 35.5. The molecule has 3 rings (SSSR count). The van der Waals surface area contributed by atoms with E-state index in [-0.39, 0.29) is 0 Å². The first-order valence-corrected chi connectivity index (χ1v) is 7.99. The highest BCUT2D eigenvalue weighted by Gasteiger charge is 2.31. The summed E-state index contributed by atoms with van der Waals surface area (Å²) in [5.41, 5.74) is 2.57. The van der Waals surface area contributed by atoms with E-state index in [4.69, 9.17) is 34.8 Å². The highest BCUT2D eigenvalue weighted by Crippen LogP contribution is 2.48. The maximum atomic E-state index is 6.38. The summed E-state index contributed by atoms with van der Waals surface area (Å²) < 4.78 is 0. The van der Waals surface area contributed by atoms with Crippen molar-refractivity contribution in [1.82, 2.24) is 0 Å². The van der Waals surface area contributed by atoms with Crippen molar-refractivity contribution in [3.63, 3.8) is 0 Å². The summed E-state index contributed by atoms with van der Waals surface area (Å²) in [6.45, 7) is 0. The lowest BCUT2D eigenvalue weighted by Gasteiger charge is -2.21. The molecule has 1 aliphatic carbocycles. The minimum atomic E-state index is 0.473. The number of halogens is 3. The molecule has 1 aliphatic rings. The molecule has 0 radical (unpaired) electrons. The van der Waals surface area contributed by atoms with Crippen molar-refractivity contribution in [1.29, 1.82) is 0 Å². The van der Waals surface area contributed by atoms with Gasteiger partial charge in [0.2, 0.25) is 0 Å². The van der Waals surface area contributed by atoms with Crippen LogP contribution in [0.25, 0.3) is 0 Å². The average molecular weight is 326 g/mol. The Kier molecular flexibility index (Phi) is 4.26. The van der Waals surface area contributed by atoms with Crippen LogP contribution in [0.3, 0.4) is 0 Å². The van der Waals surface area contributed by atoms with E-state index in [1.54, 1.807) is 0 Å². The quantitative estimate of drug-likeness (QED) is 0.576. The lowest BCUT2D eigenvalue weighted by Crippen LogP contribution is -2.05. The van der Waals surface area contributed by atoms with Crippen LogP contribution in [0.4, 0.5) is 0 Å². The first-order chi connectivity index (χ1) is 9.65. The summed E-state index contributed by atoms with van der Waals surface area (Å²) in [5, 5.41) is 2.26. The zero-order chi connectivity index (χ0) is 14.1. The third kappa shape index (κ3) is 2.83. The molecule has 1 fully saturated rings. The van der Waals surface area contributed by atoms with Crippen LogP contribution < -0.4 is 0 Å². The third-order valence-corrected chi connectivity index (χ3v) is 4.99. The van der Waals surface area contributed by atoms with Crippen LogP contribution in [-0.4, -0.2) is 0 Å². The summed E-state index contributed by atoms with van der Waals surface area (Å²) >= 11 is 18.4. The van der Waals surface area contributed by atoms with E-state index in [0.29, 0.717) is 16.9 Å². The van der Waals surface area contributed by atoms with Gasteiger partial charge in [-0.05, 0) is 60.1 Å². The summed E-state index contributed by atoms with van der Waals surface area (Å²) in [5.74, 6) is 0.992. The summed E-state index contributed by atoms with van der Waals surface area (Å²) in [6.07, 6.45) is 3.61. The lowest BCUT2D eigenvalue weighted by molar-refractivity contribution is 0.624. The van der Waals surface area contributed by atoms with Gasteiger partial charge in [0.25, 0.3) is 0 Å². The largest absolute Gasteiger partial charge is 0.0843 e. The summed E-state index contributed by atoms with van der Waals surface area (Å²) in [6, 6.07) is 14.1. The minimum absolute atomic E-state index is 0.473. The Labute approximate surface area is 134 Å². The molecular weight excluding hydrogens is 311 g/mol. The molecule has 1 saturated carbocycles. The fourth-order valence-electron chi connectivity index (χ4n) is 3.24. The van der Waals surface area contributed by atoms with Crippen molar-refractivity contribution in [3.8, 4) is 0 Å². The minimum Gasteiger partial charge on any atom is -0.0843 e. The second kappa shape index (κ2) is 5.97. The van der Waals surface area contributed by atoms with Crippen molar-refractivity contribution in [2.75, 3.05) is 0 Å². The number of rotatable bonds is 2. The molecule has 0 heterocycles. The van der Waals surface area contributed by atoms with Gasteiger partial charge in [-0.1, -0.05) is 59.4 Å². The van der Waals surface area contributed by atoms with Crippen LogP contribution in [0.2, 0.25) is 15.1 Å². The van der Waals surface area contributed by atoms with Gasteiger partial charge < -0.3 is 0 Å². The molecule has 2 aromatic rings. The highest BCUT2D eigenvalue weighted by molar-refractivity contribution is 6.35. The normalized spacial score (nSPS) is 22.1. The molecule has 20 heavy (non-hydrogen) atoms. The molecule has 0 N–H and O–H groups in total. The Bertz CT molecular complexity index is 604. The molecule has 0 aliphatic heterocycles.